The lowest BCUT2D eigenvalue weighted by Gasteiger charge is -2.18. The van der Waals surface area contributed by atoms with Gasteiger partial charge in [-0.15, -0.1) is 0 Å². The van der Waals surface area contributed by atoms with Gasteiger partial charge in [0, 0.05) is 12.2 Å². The minimum Gasteiger partial charge on any atom is -0.465 e. The second kappa shape index (κ2) is 6.35. The summed E-state index contributed by atoms with van der Waals surface area (Å²) in [7, 11) is 1.38. The van der Waals surface area contributed by atoms with Crippen LogP contribution in [0.3, 0.4) is 0 Å². The van der Waals surface area contributed by atoms with Crippen molar-refractivity contribution in [3.05, 3.63) is 23.9 Å². The Balaban J connectivity index is 2.10. The SMILES string of the molecule is COC(=O)c1cccnc1NC1CCCNCC1. The van der Waals surface area contributed by atoms with Gasteiger partial charge in [0.2, 0.25) is 0 Å². The molecule has 1 aliphatic heterocycles. The highest BCUT2D eigenvalue weighted by molar-refractivity contribution is 5.94. The molecule has 0 spiro atoms. The summed E-state index contributed by atoms with van der Waals surface area (Å²) >= 11 is 0. The van der Waals surface area contributed by atoms with Gasteiger partial charge in [0.05, 0.1) is 7.11 Å². The van der Waals surface area contributed by atoms with Gasteiger partial charge in [-0.2, -0.15) is 0 Å². The van der Waals surface area contributed by atoms with Crippen molar-refractivity contribution in [3.63, 3.8) is 0 Å². The summed E-state index contributed by atoms with van der Waals surface area (Å²) in [4.78, 5) is 15.9. The number of nitrogens with zero attached hydrogens (tertiary/aromatic N) is 1. The number of ether oxygens (including phenoxy) is 1. The van der Waals surface area contributed by atoms with Crippen LogP contribution in [0.1, 0.15) is 29.6 Å². The molecule has 1 aliphatic rings. The molecule has 0 aromatic carbocycles. The first-order valence-electron chi connectivity index (χ1n) is 6.32. The Kier molecular flexibility index (Phi) is 4.52. The number of carbonyl (C=O) groups is 1. The molecule has 0 radical (unpaired) electrons. The van der Waals surface area contributed by atoms with Crippen LogP contribution in [0.15, 0.2) is 18.3 Å². The number of methoxy groups -OCH3 is 1. The van der Waals surface area contributed by atoms with E-state index < -0.39 is 0 Å². The standard InChI is InChI=1S/C13H19N3O2/c1-18-13(17)11-5-3-8-15-12(11)16-10-4-2-7-14-9-6-10/h3,5,8,10,14H,2,4,6-7,9H2,1H3,(H,15,16). The Morgan fingerprint density at radius 2 is 2.39 bits per heavy atom. The van der Waals surface area contributed by atoms with E-state index >= 15 is 0 Å². The first kappa shape index (κ1) is 12.8. The molecular formula is C13H19N3O2. The van der Waals surface area contributed by atoms with Gasteiger partial charge in [-0.3, -0.25) is 0 Å². The summed E-state index contributed by atoms with van der Waals surface area (Å²) in [6, 6.07) is 3.83. The molecule has 0 aliphatic carbocycles. The molecule has 1 aromatic rings. The van der Waals surface area contributed by atoms with E-state index in [1.54, 1.807) is 18.3 Å². The fraction of sp³-hybridized carbons (Fsp3) is 0.538. The molecule has 1 saturated heterocycles. The van der Waals surface area contributed by atoms with Gasteiger partial charge in [-0.1, -0.05) is 0 Å². The van der Waals surface area contributed by atoms with Crippen molar-refractivity contribution < 1.29 is 9.53 Å². The number of esters is 1. The monoisotopic (exact) mass is 249 g/mol. The number of aromatic nitrogens is 1. The highest BCUT2D eigenvalue weighted by Gasteiger charge is 2.17. The van der Waals surface area contributed by atoms with Crippen LogP contribution in [-0.4, -0.2) is 37.2 Å². The third-order valence-electron chi connectivity index (χ3n) is 3.13. The van der Waals surface area contributed by atoms with E-state index in [9.17, 15) is 4.79 Å². The molecular weight excluding hydrogens is 230 g/mol. The average molecular weight is 249 g/mol. The number of anilines is 1. The van der Waals surface area contributed by atoms with Crippen LogP contribution < -0.4 is 10.6 Å². The lowest BCUT2D eigenvalue weighted by Crippen LogP contribution is -2.23. The predicted molar refractivity (Wildman–Crippen MR) is 69.7 cm³/mol. The van der Waals surface area contributed by atoms with Crippen molar-refractivity contribution in [3.8, 4) is 0 Å². The maximum absolute atomic E-state index is 11.6. The highest BCUT2D eigenvalue weighted by atomic mass is 16.5. The molecule has 1 unspecified atom stereocenters. The zero-order chi connectivity index (χ0) is 12.8. The minimum atomic E-state index is -0.350. The molecule has 5 nitrogen and oxygen atoms in total. The van der Waals surface area contributed by atoms with E-state index in [0.29, 0.717) is 17.4 Å². The largest absolute Gasteiger partial charge is 0.465 e. The lowest BCUT2D eigenvalue weighted by atomic mass is 10.1. The van der Waals surface area contributed by atoms with Crippen molar-refractivity contribution >= 4 is 11.8 Å². The molecule has 0 bridgehead atoms. The van der Waals surface area contributed by atoms with Crippen molar-refractivity contribution in [1.29, 1.82) is 0 Å². The second-order valence-corrected chi connectivity index (χ2v) is 4.41. The molecule has 2 rings (SSSR count). The minimum absolute atomic E-state index is 0.350. The van der Waals surface area contributed by atoms with Gasteiger partial charge < -0.3 is 15.4 Å². The van der Waals surface area contributed by atoms with Crippen molar-refractivity contribution in [2.75, 3.05) is 25.5 Å². The molecule has 2 heterocycles. The van der Waals surface area contributed by atoms with E-state index in [1.165, 1.54) is 7.11 Å². The van der Waals surface area contributed by atoms with Crippen molar-refractivity contribution in [1.82, 2.24) is 10.3 Å². The van der Waals surface area contributed by atoms with E-state index in [0.717, 1.165) is 32.4 Å². The molecule has 18 heavy (non-hydrogen) atoms. The zero-order valence-corrected chi connectivity index (χ0v) is 10.6. The van der Waals surface area contributed by atoms with E-state index in [4.69, 9.17) is 4.74 Å². The maximum atomic E-state index is 11.6. The quantitative estimate of drug-likeness (QED) is 0.793. The van der Waals surface area contributed by atoms with Crippen molar-refractivity contribution in [2.24, 2.45) is 0 Å². The average Bonchev–Trinajstić information content (AvgIpc) is 2.67. The summed E-state index contributed by atoms with van der Waals surface area (Å²) in [6.07, 6.45) is 4.95. The van der Waals surface area contributed by atoms with Crippen LogP contribution in [0.2, 0.25) is 0 Å². The Bertz CT molecular complexity index is 401. The Labute approximate surface area is 107 Å². The number of nitrogens with one attached hydrogen (secondary N) is 2. The van der Waals surface area contributed by atoms with Gasteiger partial charge in [0.15, 0.2) is 0 Å². The maximum Gasteiger partial charge on any atom is 0.341 e. The molecule has 0 amide bonds. The summed E-state index contributed by atoms with van der Waals surface area (Å²) < 4.78 is 4.76. The Morgan fingerprint density at radius 3 is 3.22 bits per heavy atom. The molecule has 5 heteroatoms. The Morgan fingerprint density at radius 1 is 1.50 bits per heavy atom. The molecule has 1 atom stereocenters. The third kappa shape index (κ3) is 3.20. The highest BCUT2D eigenvalue weighted by Crippen LogP contribution is 2.17. The van der Waals surface area contributed by atoms with Crippen LogP contribution >= 0.6 is 0 Å². The van der Waals surface area contributed by atoms with E-state index in [2.05, 4.69) is 15.6 Å². The van der Waals surface area contributed by atoms with Crippen LogP contribution in [0.4, 0.5) is 5.82 Å². The lowest BCUT2D eigenvalue weighted by molar-refractivity contribution is 0.0601. The number of pyridine rings is 1. The van der Waals surface area contributed by atoms with Crippen LogP contribution in [0, 0.1) is 0 Å². The predicted octanol–water partition coefficient (Wildman–Crippen LogP) is 1.42. The first-order chi connectivity index (χ1) is 8.81. The second-order valence-electron chi connectivity index (χ2n) is 4.41. The van der Waals surface area contributed by atoms with Crippen molar-refractivity contribution in [2.45, 2.75) is 25.3 Å². The van der Waals surface area contributed by atoms with Crippen LogP contribution in [0.5, 0.6) is 0 Å². The number of hydrogen-bond acceptors (Lipinski definition) is 5. The van der Waals surface area contributed by atoms with Gasteiger partial charge in [-0.05, 0) is 44.5 Å². The topological polar surface area (TPSA) is 63.2 Å². The van der Waals surface area contributed by atoms with Gasteiger partial charge in [0.25, 0.3) is 0 Å². The number of hydrogen-bond donors (Lipinski definition) is 2. The fourth-order valence-electron chi connectivity index (χ4n) is 2.15. The summed E-state index contributed by atoms with van der Waals surface area (Å²) in [5.74, 6) is 0.272. The molecule has 0 saturated carbocycles. The third-order valence-corrected chi connectivity index (χ3v) is 3.13. The first-order valence-corrected chi connectivity index (χ1v) is 6.32. The van der Waals surface area contributed by atoms with E-state index in [1.807, 2.05) is 0 Å². The summed E-state index contributed by atoms with van der Waals surface area (Å²) in [5, 5.41) is 6.71. The van der Waals surface area contributed by atoms with Crippen LogP contribution in [-0.2, 0) is 4.74 Å². The molecule has 2 N–H and O–H groups in total. The normalized spacial score (nSPS) is 19.9. The summed E-state index contributed by atoms with van der Waals surface area (Å²) in [5.41, 5.74) is 0.497. The van der Waals surface area contributed by atoms with Gasteiger partial charge in [0.1, 0.15) is 11.4 Å². The van der Waals surface area contributed by atoms with Gasteiger partial charge >= 0.3 is 5.97 Å². The molecule has 1 aromatic heterocycles. The number of carbonyl (C=O) groups excluding carboxylic acids is 1. The van der Waals surface area contributed by atoms with E-state index in [-0.39, 0.29) is 5.97 Å². The van der Waals surface area contributed by atoms with Gasteiger partial charge in [-0.25, -0.2) is 9.78 Å². The fourth-order valence-corrected chi connectivity index (χ4v) is 2.15. The number of rotatable bonds is 3. The molecule has 98 valence electrons. The summed E-state index contributed by atoms with van der Waals surface area (Å²) in [6.45, 7) is 2.06. The zero-order valence-electron chi connectivity index (χ0n) is 10.6. The van der Waals surface area contributed by atoms with Crippen LogP contribution in [0.25, 0.3) is 0 Å². The Hall–Kier alpha value is -1.62. The smallest absolute Gasteiger partial charge is 0.341 e. The molecule has 1 fully saturated rings.